The summed E-state index contributed by atoms with van der Waals surface area (Å²) in [6.07, 6.45) is 0.137. The van der Waals surface area contributed by atoms with Gasteiger partial charge in [-0.05, 0) is 36.9 Å². The van der Waals surface area contributed by atoms with Crippen molar-refractivity contribution in [1.29, 1.82) is 0 Å². The molecular formula is C19H19NO4S. The molecule has 0 unspecified atom stereocenters. The molecule has 25 heavy (non-hydrogen) atoms. The number of thiophene rings is 1. The highest BCUT2D eigenvalue weighted by molar-refractivity contribution is 7.17. The average molecular weight is 357 g/mol. The number of phenolic OH excluding ortho intramolecular Hbond substituents is 1. The van der Waals surface area contributed by atoms with E-state index in [0.29, 0.717) is 17.7 Å². The van der Waals surface area contributed by atoms with Crippen LogP contribution in [0.2, 0.25) is 0 Å². The van der Waals surface area contributed by atoms with Crippen molar-refractivity contribution in [3.05, 3.63) is 52.2 Å². The summed E-state index contributed by atoms with van der Waals surface area (Å²) < 4.78 is 11.4. The Labute approximate surface area is 149 Å². The maximum atomic E-state index is 11.5. The molecule has 0 amide bonds. The molecule has 0 saturated carbocycles. The Bertz CT molecular complexity index is 933. The fourth-order valence-corrected chi connectivity index (χ4v) is 3.66. The smallest absolute Gasteiger partial charge is 0.310 e. The minimum atomic E-state index is -0.332. The van der Waals surface area contributed by atoms with Crippen LogP contribution in [-0.4, -0.2) is 23.2 Å². The number of aryl methyl sites for hydroxylation is 2. The lowest BCUT2D eigenvalue weighted by atomic mass is 10.1. The Morgan fingerprint density at radius 1 is 1.24 bits per heavy atom. The number of aromatic hydroxyl groups is 1. The number of pyridine rings is 1. The van der Waals surface area contributed by atoms with Gasteiger partial charge in [0.15, 0.2) is 0 Å². The number of hydrogen-bond donors (Lipinski definition) is 1. The molecule has 0 radical (unpaired) electrons. The van der Waals surface area contributed by atoms with Crippen molar-refractivity contribution in [2.45, 2.75) is 26.9 Å². The number of aromatic nitrogens is 1. The summed E-state index contributed by atoms with van der Waals surface area (Å²) in [7, 11) is 1.35. The Morgan fingerprint density at radius 3 is 2.76 bits per heavy atom. The number of ether oxygens (including phenoxy) is 2. The van der Waals surface area contributed by atoms with E-state index in [-0.39, 0.29) is 18.1 Å². The molecular weight excluding hydrogens is 338 g/mol. The first-order valence-corrected chi connectivity index (χ1v) is 8.71. The predicted molar refractivity (Wildman–Crippen MR) is 97.3 cm³/mol. The summed E-state index contributed by atoms with van der Waals surface area (Å²) in [6.45, 7) is 4.28. The monoisotopic (exact) mass is 357 g/mol. The van der Waals surface area contributed by atoms with Gasteiger partial charge in [-0.1, -0.05) is 6.07 Å². The van der Waals surface area contributed by atoms with Crippen LogP contribution in [0.5, 0.6) is 11.5 Å². The molecule has 1 aromatic carbocycles. The fourth-order valence-electron chi connectivity index (χ4n) is 2.66. The van der Waals surface area contributed by atoms with Crippen LogP contribution >= 0.6 is 11.3 Å². The average Bonchev–Trinajstić information content (AvgIpc) is 2.97. The van der Waals surface area contributed by atoms with Gasteiger partial charge in [-0.3, -0.25) is 9.78 Å². The van der Waals surface area contributed by atoms with E-state index in [9.17, 15) is 9.90 Å². The van der Waals surface area contributed by atoms with Gasteiger partial charge in [-0.2, -0.15) is 0 Å². The second-order valence-electron chi connectivity index (χ2n) is 5.82. The van der Waals surface area contributed by atoms with Crippen molar-refractivity contribution >= 4 is 27.4 Å². The molecule has 0 aliphatic carbocycles. The van der Waals surface area contributed by atoms with E-state index in [0.717, 1.165) is 27.2 Å². The van der Waals surface area contributed by atoms with Crippen molar-refractivity contribution in [2.24, 2.45) is 0 Å². The SMILES string of the molecule is COC(=O)Cc1csc2cc(OCc3ccc(C)nc3C)cc(O)c12. The first-order chi connectivity index (χ1) is 12.0. The maximum Gasteiger partial charge on any atom is 0.310 e. The summed E-state index contributed by atoms with van der Waals surface area (Å²) in [5.74, 6) is 0.352. The zero-order chi connectivity index (χ0) is 18.0. The molecule has 5 nitrogen and oxygen atoms in total. The molecule has 6 heteroatoms. The van der Waals surface area contributed by atoms with Crippen LogP contribution in [0.3, 0.4) is 0 Å². The van der Waals surface area contributed by atoms with Gasteiger partial charge >= 0.3 is 5.97 Å². The highest BCUT2D eigenvalue weighted by Gasteiger charge is 2.14. The van der Waals surface area contributed by atoms with Gasteiger partial charge < -0.3 is 14.6 Å². The Kier molecular flexibility index (Phi) is 4.90. The molecule has 130 valence electrons. The van der Waals surface area contributed by atoms with Crippen molar-refractivity contribution in [3.8, 4) is 11.5 Å². The van der Waals surface area contributed by atoms with E-state index < -0.39 is 0 Å². The molecule has 2 heterocycles. The molecule has 0 atom stereocenters. The van der Waals surface area contributed by atoms with Crippen molar-refractivity contribution in [3.63, 3.8) is 0 Å². The third kappa shape index (κ3) is 3.74. The second kappa shape index (κ2) is 7.11. The summed E-state index contributed by atoms with van der Waals surface area (Å²) in [4.78, 5) is 15.9. The number of nitrogens with zero attached hydrogens (tertiary/aromatic N) is 1. The summed E-state index contributed by atoms with van der Waals surface area (Å²) >= 11 is 1.46. The number of esters is 1. The molecule has 0 spiro atoms. The number of carbonyl (C=O) groups excluding carboxylic acids is 1. The van der Waals surface area contributed by atoms with Crippen molar-refractivity contribution in [2.75, 3.05) is 7.11 Å². The van der Waals surface area contributed by atoms with E-state index in [2.05, 4.69) is 4.98 Å². The van der Waals surface area contributed by atoms with E-state index in [1.807, 2.05) is 37.4 Å². The van der Waals surface area contributed by atoms with Crippen LogP contribution in [0.1, 0.15) is 22.5 Å². The Hall–Kier alpha value is -2.60. The van der Waals surface area contributed by atoms with Gasteiger partial charge in [0, 0.05) is 33.1 Å². The highest BCUT2D eigenvalue weighted by Crippen LogP contribution is 2.37. The number of benzene rings is 1. The van der Waals surface area contributed by atoms with Gasteiger partial charge in [0.1, 0.15) is 18.1 Å². The molecule has 0 bridgehead atoms. The van der Waals surface area contributed by atoms with Crippen LogP contribution < -0.4 is 4.74 Å². The Balaban J connectivity index is 1.82. The van der Waals surface area contributed by atoms with Crippen LogP contribution in [0.4, 0.5) is 0 Å². The number of carbonyl (C=O) groups is 1. The minimum absolute atomic E-state index is 0.103. The lowest BCUT2D eigenvalue weighted by Crippen LogP contribution is -2.03. The molecule has 1 N–H and O–H groups in total. The quantitative estimate of drug-likeness (QED) is 0.701. The van der Waals surface area contributed by atoms with Crippen molar-refractivity contribution in [1.82, 2.24) is 4.98 Å². The first-order valence-electron chi connectivity index (χ1n) is 7.83. The van der Waals surface area contributed by atoms with Gasteiger partial charge in [-0.25, -0.2) is 0 Å². The predicted octanol–water partition coefficient (Wildman–Crippen LogP) is 3.91. The first kappa shape index (κ1) is 17.2. The largest absolute Gasteiger partial charge is 0.507 e. The molecule has 0 aliphatic heterocycles. The standard InChI is InChI=1S/C19H19NO4S/c1-11-4-5-13(12(2)20-11)9-24-15-7-16(21)19-14(6-18(22)23-3)10-25-17(19)8-15/h4-5,7-8,10,21H,6,9H2,1-3H3. The normalized spacial score (nSPS) is 10.8. The number of fused-ring (bicyclic) bond motifs is 1. The maximum absolute atomic E-state index is 11.5. The summed E-state index contributed by atoms with van der Waals surface area (Å²) in [5.41, 5.74) is 3.66. The van der Waals surface area contributed by atoms with E-state index in [4.69, 9.17) is 9.47 Å². The van der Waals surface area contributed by atoms with Crippen LogP contribution in [0.15, 0.2) is 29.6 Å². The van der Waals surface area contributed by atoms with E-state index in [1.165, 1.54) is 18.4 Å². The molecule has 3 rings (SSSR count). The van der Waals surface area contributed by atoms with E-state index >= 15 is 0 Å². The second-order valence-corrected chi connectivity index (χ2v) is 6.73. The van der Waals surface area contributed by atoms with Crippen molar-refractivity contribution < 1.29 is 19.4 Å². The zero-order valence-electron chi connectivity index (χ0n) is 14.3. The molecule has 3 aromatic rings. The number of methoxy groups -OCH3 is 1. The third-order valence-corrected chi connectivity index (χ3v) is 4.97. The van der Waals surface area contributed by atoms with Crippen LogP contribution in [0.25, 0.3) is 10.1 Å². The lowest BCUT2D eigenvalue weighted by Gasteiger charge is -2.10. The molecule has 0 saturated heterocycles. The number of rotatable bonds is 5. The number of hydrogen-bond acceptors (Lipinski definition) is 6. The minimum Gasteiger partial charge on any atom is -0.507 e. The zero-order valence-corrected chi connectivity index (χ0v) is 15.1. The van der Waals surface area contributed by atoms with Crippen LogP contribution in [0, 0.1) is 13.8 Å². The molecule has 0 fully saturated rings. The van der Waals surface area contributed by atoms with Gasteiger partial charge in [0.05, 0.1) is 13.5 Å². The lowest BCUT2D eigenvalue weighted by molar-refractivity contribution is -0.139. The van der Waals surface area contributed by atoms with Gasteiger partial charge in [-0.15, -0.1) is 11.3 Å². The van der Waals surface area contributed by atoms with Gasteiger partial charge in [0.25, 0.3) is 0 Å². The van der Waals surface area contributed by atoms with Crippen LogP contribution in [-0.2, 0) is 22.6 Å². The number of phenols is 1. The summed E-state index contributed by atoms with van der Waals surface area (Å²) in [5, 5.41) is 12.9. The van der Waals surface area contributed by atoms with Gasteiger partial charge in [0.2, 0.25) is 0 Å². The van der Waals surface area contributed by atoms with E-state index in [1.54, 1.807) is 6.07 Å². The fraction of sp³-hybridized carbons (Fsp3) is 0.263. The third-order valence-electron chi connectivity index (χ3n) is 4.00. The Morgan fingerprint density at radius 2 is 2.04 bits per heavy atom. The molecule has 0 aliphatic rings. The highest BCUT2D eigenvalue weighted by atomic mass is 32.1. The topological polar surface area (TPSA) is 68.7 Å². The summed E-state index contributed by atoms with van der Waals surface area (Å²) in [6, 6.07) is 7.39. The molecule has 2 aromatic heterocycles.